The molecule has 1 aliphatic rings. The molecule has 0 unspecified atom stereocenters. The minimum Gasteiger partial charge on any atom is -0.458 e. The number of nitrogens with zero attached hydrogens (tertiary/aromatic N) is 1. The number of nitrogens with one attached hydrogen (secondary N) is 1. The van der Waals surface area contributed by atoms with E-state index in [9.17, 15) is 0 Å². The van der Waals surface area contributed by atoms with Crippen molar-refractivity contribution >= 4 is 17.3 Å². The molecule has 0 saturated heterocycles. The number of anilines is 1. The first-order valence-corrected chi connectivity index (χ1v) is 10.1. The maximum absolute atomic E-state index is 6.78. The molecule has 1 N–H and O–H groups in total. The van der Waals surface area contributed by atoms with E-state index >= 15 is 0 Å². The summed E-state index contributed by atoms with van der Waals surface area (Å²) in [5.74, 6) is 0.658. The number of rotatable bonds is 5. The maximum Gasteiger partial charge on any atom is 0.210 e. The predicted molar refractivity (Wildman–Crippen MR) is 122 cm³/mol. The molecule has 3 heteroatoms. The normalized spacial score (nSPS) is 14.2. The summed E-state index contributed by atoms with van der Waals surface area (Å²) in [6.07, 6.45) is 0. The molecule has 146 valence electrons. The van der Waals surface area contributed by atoms with Gasteiger partial charge in [0.25, 0.3) is 0 Å². The molecule has 1 heterocycles. The van der Waals surface area contributed by atoms with E-state index in [0.717, 1.165) is 28.1 Å². The van der Waals surface area contributed by atoms with Gasteiger partial charge in [-0.25, -0.2) is 4.99 Å². The van der Waals surface area contributed by atoms with Crippen molar-refractivity contribution in [3.05, 3.63) is 132 Å². The van der Waals surface area contributed by atoms with Crippen LogP contribution >= 0.6 is 0 Å². The molecule has 0 spiro atoms. The molecule has 30 heavy (non-hydrogen) atoms. The molecule has 0 aliphatic carbocycles. The van der Waals surface area contributed by atoms with Crippen molar-refractivity contribution in [3.63, 3.8) is 0 Å². The third-order valence-corrected chi connectivity index (χ3v) is 5.38. The summed E-state index contributed by atoms with van der Waals surface area (Å²) in [5, 5.41) is 3.43. The van der Waals surface area contributed by atoms with Crippen molar-refractivity contribution in [2.75, 3.05) is 11.9 Å². The molecule has 0 radical (unpaired) electrons. The van der Waals surface area contributed by atoms with Crippen LogP contribution in [0.1, 0.15) is 16.7 Å². The summed E-state index contributed by atoms with van der Waals surface area (Å²) >= 11 is 0. The molecule has 1 aliphatic heterocycles. The lowest BCUT2D eigenvalue weighted by atomic mass is 9.78. The fourth-order valence-electron chi connectivity index (χ4n) is 4.01. The lowest BCUT2D eigenvalue weighted by molar-refractivity contribution is 0.134. The first-order chi connectivity index (χ1) is 14.9. The van der Waals surface area contributed by atoms with Gasteiger partial charge in [0.05, 0.1) is 12.2 Å². The van der Waals surface area contributed by atoms with Crippen LogP contribution in [0.2, 0.25) is 0 Å². The van der Waals surface area contributed by atoms with Crippen LogP contribution < -0.4 is 5.32 Å². The summed E-state index contributed by atoms with van der Waals surface area (Å²) in [5.41, 5.74) is 4.42. The summed E-state index contributed by atoms with van der Waals surface area (Å²) < 4.78 is 6.78. The van der Waals surface area contributed by atoms with Crippen molar-refractivity contribution < 1.29 is 4.74 Å². The monoisotopic (exact) mass is 390 g/mol. The van der Waals surface area contributed by atoms with Crippen molar-refractivity contribution in [2.45, 2.75) is 5.60 Å². The molecule has 0 bridgehead atoms. The second kappa shape index (κ2) is 7.88. The molecule has 0 fully saturated rings. The van der Waals surface area contributed by atoms with Crippen LogP contribution in [0.4, 0.5) is 11.4 Å². The van der Waals surface area contributed by atoms with Gasteiger partial charge in [-0.2, -0.15) is 0 Å². The third kappa shape index (κ3) is 3.25. The van der Waals surface area contributed by atoms with Gasteiger partial charge in [0, 0.05) is 22.4 Å². The number of aliphatic imine (C=N–C) groups is 1. The van der Waals surface area contributed by atoms with E-state index in [1.807, 2.05) is 54.6 Å². The average molecular weight is 390 g/mol. The summed E-state index contributed by atoms with van der Waals surface area (Å²) in [6, 6.07) is 39.1. The number of para-hydroxylation sites is 2. The Kier molecular flexibility index (Phi) is 4.78. The van der Waals surface area contributed by atoms with E-state index in [-0.39, 0.29) is 0 Å². The smallest absolute Gasteiger partial charge is 0.210 e. The zero-order valence-electron chi connectivity index (χ0n) is 16.5. The van der Waals surface area contributed by atoms with Crippen molar-refractivity contribution in [1.29, 1.82) is 0 Å². The Balaban J connectivity index is 1.64. The van der Waals surface area contributed by atoms with Crippen LogP contribution in [0.3, 0.4) is 0 Å². The van der Waals surface area contributed by atoms with Crippen LogP contribution in [0.5, 0.6) is 0 Å². The highest BCUT2D eigenvalue weighted by atomic mass is 16.5. The van der Waals surface area contributed by atoms with Crippen LogP contribution in [-0.2, 0) is 10.3 Å². The Hall–Kier alpha value is -3.85. The predicted octanol–water partition coefficient (Wildman–Crippen LogP) is 6.15. The van der Waals surface area contributed by atoms with Crippen LogP contribution in [-0.4, -0.2) is 12.4 Å². The van der Waals surface area contributed by atoms with Gasteiger partial charge in [-0.1, -0.05) is 97.1 Å². The van der Waals surface area contributed by atoms with Crippen LogP contribution in [0.15, 0.2) is 120 Å². The highest BCUT2D eigenvalue weighted by Crippen LogP contribution is 2.46. The van der Waals surface area contributed by atoms with Gasteiger partial charge in [0.15, 0.2) is 5.60 Å². The second-order valence-electron chi connectivity index (χ2n) is 7.26. The highest BCUT2D eigenvalue weighted by molar-refractivity contribution is 5.87. The van der Waals surface area contributed by atoms with Crippen molar-refractivity contribution in [2.24, 2.45) is 4.99 Å². The lowest BCUT2D eigenvalue weighted by Gasteiger charge is -2.39. The Morgan fingerprint density at radius 3 is 1.80 bits per heavy atom. The lowest BCUT2D eigenvalue weighted by Crippen LogP contribution is -2.39. The Morgan fingerprint density at radius 1 is 0.633 bits per heavy atom. The molecule has 3 nitrogen and oxygen atoms in total. The summed E-state index contributed by atoms with van der Waals surface area (Å²) in [4.78, 5) is 4.84. The minimum atomic E-state index is -0.755. The SMILES string of the molecule is c1ccc(NCC2=Nc3ccccc3C(c3ccccc3)(c3ccccc3)O2)cc1. The molecule has 5 rings (SSSR count). The van der Waals surface area contributed by atoms with Gasteiger partial charge in [-0.15, -0.1) is 0 Å². The number of hydrogen-bond acceptors (Lipinski definition) is 3. The first-order valence-electron chi connectivity index (χ1n) is 10.1. The van der Waals surface area contributed by atoms with E-state index in [4.69, 9.17) is 9.73 Å². The van der Waals surface area contributed by atoms with Crippen LogP contribution in [0, 0.1) is 0 Å². The van der Waals surface area contributed by atoms with E-state index in [2.05, 4.69) is 66.0 Å². The number of fused-ring (bicyclic) bond motifs is 1. The Bertz CT molecular complexity index is 1120. The Morgan fingerprint density at radius 2 is 1.17 bits per heavy atom. The van der Waals surface area contributed by atoms with Gasteiger partial charge in [-0.3, -0.25) is 0 Å². The molecule has 0 amide bonds. The zero-order chi connectivity index (χ0) is 20.2. The number of hydrogen-bond donors (Lipinski definition) is 1. The van der Waals surface area contributed by atoms with Gasteiger partial charge in [0.1, 0.15) is 0 Å². The zero-order valence-corrected chi connectivity index (χ0v) is 16.5. The van der Waals surface area contributed by atoms with Gasteiger partial charge in [-0.05, 0) is 18.2 Å². The Labute approximate surface area is 176 Å². The van der Waals surface area contributed by atoms with Gasteiger partial charge >= 0.3 is 0 Å². The average Bonchev–Trinajstić information content (AvgIpc) is 2.84. The van der Waals surface area contributed by atoms with Crippen LogP contribution in [0.25, 0.3) is 0 Å². The fourth-order valence-corrected chi connectivity index (χ4v) is 4.01. The second-order valence-corrected chi connectivity index (χ2v) is 7.26. The standard InChI is InChI=1S/C27H22N2O/c1-4-12-21(13-5-1)27(22-14-6-2-7-15-22)24-18-10-11-19-25(24)29-26(30-27)20-28-23-16-8-3-9-17-23/h1-19,28H,20H2. The van der Waals surface area contributed by atoms with Crippen molar-refractivity contribution in [1.82, 2.24) is 0 Å². The van der Waals surface area contributed by atoms with E-state index in [0.29, 0.717) is 12.4 Å². The highest BCUT2D eigenvalue weighted by Gasteiger charge is 2.43. The number of ether oxygens (including phenoxy) is 1. The fraction of sp³-hybridized carbons (Fsp3) is 0.0741. The summed E-state index contributed by atoms with van der Waals surface area (Å²) in [7, 11) is 0. The molecular weight excluding hydrogens is 368 g/mol. The molecule has 0 atom stereocenters. The van der Waals surface area contributed by atoms with E-state index in [1.54, 1.807) is 0 Å². The minimum absolute atomic E-state index is 0.500. The van der Waals surface area contributed by atoms with Gasteiger partial charge < -0.3 is 10.1 Å². The van der Waals surface area contributed by atoms with Crippen molar-refractivity contribution in [3.8, 4) is 0 Å². The quantitative estimate of drug-likeness (QED) is 0.443. The molecule has 0 aromatic heterocycles. The van der Waals surface area contributed by atoms with Gasteiger partial charge in [0.2, 0.25) is 5.90 Å². The molecule has 0 saturated carbocycles. The summed E-state index contributed by atoms with van der Waals surface area (Å²) in [6.45, 7) is 0.500. The maximum atomic E-state index is 6.78. The van der Waals surface area contributed by atoms with E-state index in [1.165, 1.54) is 0 Å². The molecule has 4 aromatic rings. The number of benzene rings is 4. The molecular formula is C27H22N2O. The molecule has 4 aromatic carbocycles. The third-order valence-electron chi connectivity index (χ3n) is 5.38. The topological polar surface area (TPSA) is 33.6 Å². The largest absolute Gasteiger partial charge is 0.458 e. The first kappa shape index (κ1) is 18.2. The van der Waals surface area contributed by atoms with E-state index < -0.39 is 5.60 Å².